The quantitative estimate of drug-likeness (QED) is 0.299. The minimum absolute atomic E-state index is 0.132. The minimum atomic E-state index is -4.40. The smallest absolute Gasteiger partial charge is 0.400 e. The molecule has 2 aromatic rings. The number of hydrogen-bond acceptors (Lipinski definition) is 4. The number of hydrogen-bond donors (Lipinski definition) is 3. The number of nitrogens with zero attached hydrogens (tertiary/aromatic N) is 2. The fraction of sp³-hybridized carbons (Fsp3) is 0.440. The monoisotopic (exact) mass is 499 g/mol. The summed E-state index contributed by atoms with van der Waals surface area (Å²) in [6, 6.07) is 12.6. The van der Waals surface area contributed by atoms with E-state index in [9.17, 15) is 18.0 Å². The molecule has 0 aliphatic carbocycles. The number of carbonyl (C=O) groups is 2. The molecule has 0 bridgehead atoms. The van der Waals surface area contributed by atoms with Crippen molar-refractivity contribution >= 4 is 18.1 Å². The Hall–Kier alpha value is -3.11. The van der Waals surface area contributed by atoms with Gasteiger partial charge in [0.15, 0.2) is 0 Å². The van der Waals surface area contributed by atoms with Crippen molar-refractivity contribution in [2.75, 3.05) is 18.6 Å². The molecule has 1 aliphatic rings. The topological polar surface area (TPSA) is 93.1 Å². The molecule has 1 fully saturated rings. The number of carbonyl (C=O) groups excluding carboxylic acids is 2. The summed E-state index contributed by atoms with van der Waals surface area (Å²) in [5.74, 6) is 0. The second-order valence-corrected chi connectivity index (χ2v) is 7.33. The number of alkyl halides is 3. The molecule has 1 atom stereocenters. The first kappa shape index (κ1) is 31.9. The molecule has 0 aromatic heterocycles. The van der Waals surface area contributed by atoms with Crippen LogP contribution in [-0.4, -0.2) is 47.4 Å². The summed E-state index contributed by atoms with van der Waals surface area (Å²) in [5.41, 5.74) is 3.04. The number of likely N-dealkylation sites (tertiary alicyclic amines) is 1. The summed E-state index contributed by atoms with van der Waals surface area (Å²) < 4.78 is 38.6. The van der Waals surface area contributed by atoms with Crippen molar-refractivity contribution in [3.8, 4) is 0 Å². The molecule has 3 rings (SSSR count). The van der Waals surface area contributed by atoms with Gasteiger partial charge in [0.1, 0.15) is 0 Å². The van der Waals surface area contributed by atoms with Gasteiger partial charge in [-0.1, -0.05) is 43.7 Å². The van der Waals surface area contributed by atoms with Crippen LogP contribution in [0.3, 0.4) is 0 Å². The van der Waals surface area contributed by atoms with E-state index in [0.29, 0.717) is 18.8 Å². The number of anilines is 1. The maximum Gasteiger partial charge on any atom is 0.416 e. The summed E-state index contributed by atoms with van der Waals surface area (Å²) >= 11 is 0. The van der Waals surface area contributed by atoms with Gasteiger partial charge in [0, 0.05) is 25.4 Å². The van der Waals surface area contributed by atoms with Gasteiger partial charge in [-0.2, -0.15) is 13.2 Å². The second kappa shape index (κ2) is 16.5. The van der Waals surface area contributed by atoms with Gasteiger partial charge in [-0.3, -0.25) is 14.9 Å². The van der Waals surface area contributed by atoms with E-state index in [2.05, 4.69) is 0 Å². The maximum absolute atomic E-state index is 13.1. The van der Waals surface area contributed by atoms with E-state index in [4.69, 9.17) is 15.1 Å². The number of hydroxylamine groups is 1. The zero-order valence-electron chi connectivity index (χ0n) is 20.8. The van der Waals surface area contributed by atoms with Gasteiger partial charge >= 0.3 is 12.2 Å². The normalized spacial score (nSPS) is 14.2. The Morgan fingerprint density at radius 1 is 1.11 bits per heavy atom. The molecule has 1 unspecified atom stereocenters. The lowest BCUT2D eigenvalue weighted by Crippen LogP contribution is -2.44. The second-order valence-electron chi connectivity index (χ2n) is 7.33. The third kappa shape index (κ3) is 10.4. The van der Waals surface area contributed by atoms with Crippen LogP contribution in [0.1, 0.15) is 50.3 Å². The van der Waals surface area contributed by atoms with Gasteiger partial charge in [0.25, 0.3) is 0 Å². The number of aliphatic hydroxyl groups excluding tert-OH is 1. The molecule has 3 amide bonds. The molecular formula is C25H36F3N3O4. The van der Waals surface area contributed by atoms with E-state index in [1.807, 2.05) is 52.0 Å². The number of halogens is 3. The summed E-state index contributed by atoms with van der Waals surface area (Å²) in [5, 5.41) is 14.3. The highest BCUT2D eigenvalue weighted by molar-refractivity contribution is 5.92. The molecule has 0 saturated carbocycles. The fourth-order valence-electron chi connectivity index (χ4n) is 3.35. The van der Waals surface area contributed by atoms with E-state index in [1.165, 1.54) is 17.6 Å². The number of aliphatic hydroxyl groups is 1. The van der Waals surface area contributed by atoms with Crippen molar-refractivity contribution in [3.05, 3.63) is 65.2 Å². The molecule has 10 heteroatoms. The summed E-state index contributed by atoms with van der Waals surface area (Å²) in [4.78, 5) is 25.3. The van der Waals surface area contributed by atoms with E-state index in [0.717, 1.165) is 43.2 Å². The third-order valence-corrected chi connectivity index (χ3v) is 5.05. The number of benzene rings is 2. The van der Waals surface area contributed by atoms with Gasteiger partial charge in [-0.25, -0.2) is 10.3 Å². The molecule has 1 heterocycles. The average Bonchev–Trinajstić information content (AvgIpc) is 3.31. The number of aryl methyl sites for hydroxylation is 1. The largest absolute Gasteiger partial charge is 0.416 e. The lowest BCUT2D eigenvalue weighted by Gasteiger charge is -2.31. The molecule has 1 aliphatic heterocycles. The Morgan fingerprint density at radius 2 is 1.63 bits per heavy atom. The Morgan fingerprint density at radius 3 is 2.03 bits per heavy atom. The van der Waals surface area contributed by atoms with Crippen LogP contribution in [0.2, 0.25) is 0 Å². The van der Waals surface area contributed by atoms with E-state index in [-0.39, 0.29) is 18.5 Å². The van der Waals surface area contributed by atoms with Crippen LogP contribution in [-0.2, 0) is 17.5 Å². The van der Waals surface area contributed by atoms with Crippen molar-refractivity contribution in [2.24, 2.45) is 0 Å². The molecule has 1 saturated heterocycles. The number of nitrogens with one attached hydrogen (secondary N) is 1. The highest BCUT2D eigenvalue weighted by Gasteiger charge is 2.32. The van der Waals surface area contributed by atoms with Crippen molar-refractivity contribution in [2.45, 2.75) is 59.3 Å². The molecular weight excluding hydrogens is 463 g/mol. The van der Waals surface area contributed by atoms with Gasteiger partial charge in [0.05, 0.1) is 12.1 Å². The summed E-state index contributed by atoms with van der Waals surface area (Å²) in [6.07, 6.45) is -2.33. The van der Waals surface area contributed by atoms with Crippen LogP contribution in [0.25, 0.3) is 0 Å². The fourth-order valence-corrected chi connectivity index (χ4v) is 3.35. The third-order valence-electron chi connectivity index (χ3n) is 5.05. The highest BCUT2D eigenvalue weighted by Crippen LogP contribution is 2.31. The predicted molar refractivity (Wildman–Crippen MR) is 130 cm³/mol. The van der Waals surface area contributed by atoms with Gasteiger partial charge in [-0.05, 0) is 56.5 Å². The highest BCUT2D eigenvalue weighted by atomic mass is 19.4. The van der Waals surface area contributed by atoms with E-state index in [1.54, 1.807) is 9.80 Å². The molecule has 7 nitrogen and oxygen atoms in total. The van der Waals surface area contributed by atoms with Crippen LogP contribution in [0.4, 0.5) is 23.7 Å². The average molecular weight is 500 g/mol. The van der Waals surface area contributed by atoms with Crippen molar-refractivity contribution in [1.82, 2.24) is 10.4 Å². The molecule has 196 valence electrons. The zero-order valence-corrected chi connectivity index (χ0v) is 20.8. The summed E-state index contributed by atoms with van der Waals surface area (Å²) in [7, 11) is 1.00. The molecule has 3 N–H and O–H groups in total. The van der Waals surface area contributed by atoms with Crippen LogP contribution < -0.4 is 10.4 Å². The van der Waals surface area contributed by atoms with E-state index < -0.39 is 11.7 Å². The van der Waals surface area contributed by atoms with Crippen LogP contribution in [0.5, 0.6) is 0 Å². The number of urea groups is 1. The SMILES string of the molecule is CC.CO.Cc1ccc(CN(C(=O)N2CCCC2C)c2ccc(C(F)(F)F)cc2)cc1.O=CNO. The van der Waals surface area contributed by atoms with Crippen LogP contribution >= 0.6 is 0 Å². The predicted octanol–water partition coefficient (Wildman–Crippen LogP) is 5.38. The van der Waals surface area contributed by atoms with Gasteiger partial charge in [0.2, 0.25) is 6.41 Å². The number of rotatable bonds is 4. The van der Waals surface area contributed by atoms with Crippen LogP contribution in [0.15, 0.2) is 48.5 Å². The lowest BCUT2D eigenvalue weighted by atomic mass is 10.1. The van der Waals surface area contributed by atoms with Crippen LogP contribution in [0, 0.1) is 6.92 Å². The zero-order chi connectivity index (χ0) is 27.0. The first-order chi connectivity index (χ1) is 16.7. The summed E-state index contributed by atoms with van der Waals surface area (Å²) in [6.45, 7) is 8.97. The standard InChI is InChI=1S/C21H23F3N2O.C2H6.CH3NO2.CH4O/c1-15-5-7-17(8-6-15)14-26(20(27)25-13-3-4-16(25)2)19-11-9-18(10-12-19)21(22,23)24;1-2;3-1-2-4;1-2/h5-12,16H,3-4,13-14H2,1-2H3;1-2H3;1,4H,(H,2,3);2H,1H3. The van der Waals surface area contributed by atoms with Gasteiger partial charge in [-0.15, -0.1) is 0 Å². The Bertz CT molecular complexity index is 860. The van der Waals surface area contributed by atoms with Crippen molar-refractivity contribution in [3.63, 3.8) is 0 Å². The molecule has 0 radical (unpaired) electrons. The minimum Gasteiger partial charge on any atom is -0.400 e. The molecule has 0 spiro atoms. The van der Waals surface area contributed by atoms with Crippen molar-refractivity contribution in [1.29, 1.82) is 0 Å². The van der Waals surface area contributed by atoms with Crippen molar-refractivity contribution < 1.29 is 33.1 Å². The maximum atomic E-state index is 13.1. The molecule has 35 heavy (non-hydrogen) atoms. The van der Waals surface area contributed by atoms with Gasteiger partial charge < -0.3 is 10.0 Å². The Kier molecular flexibility index (Phi) is 15.0. The molecule has 2 aromatic carbocycles. The Labute approximate surface area is 205 Å². The first-order valence-electron chi connectivity index (χ1n) is 11.3. The first-order valence-corrected chi connectivity index (χ1v) is 11.3. The van der Waals surface area contributed by atoms with E-state index >= 15 is 0 Å². The number of amides is 3. The Balaban J connectivity index is 0.00000129. The lowest BCUT2D eigenvalue weighted by molar-refractivity contribution is -0.137.